The van der Waals surface area contributed by atoms with E-state index in [0.29, 0.717) is 11.3 Å². The second-order valence-corrected chi connectivity index (χ2v) is 5.12. The van der Waals surface area contributed by atoms with Gasteiger partial charge in [-0.05, 0) is 37.3 Å². The van der Waals surface area contributed by atoms with Crippen LogP contribution in [0.25, 0.3) is 0 Å². The predicted octanol–water partition coefficient (Wildman–Crippen LogP) is 3.96. The topological polar surface area (TPSA) is 58.2 Å². The van der Waals surface area contributed by atoms with E-state index < -0.39 is 17.6 Å². The first-order valence-electron chi connectivity index (χ1n) is 7.08. The molecule has 7 heteroatoms. The molecule has 0 radical (unpaired) electrons. The zero-order valence-electron chi connectivity index (χ0n) is 12.8. The molecule has 0 aliphatic carbocycles. The van der Waals surface area contributed by atoms with Gasteiger partial charge in [0.25, 0.3) is 0 Å². The molecule has 4 nitrogen and oxygen atoms in total. The summed E-state index contributed by atoms with van der Waals surface area (Å²) in [6.07, 6.45) is -4.44. The van der Waals surface area contributed by atoms with Gasteiger partial charge in [-0.25, -0.2) is 0 Å². The molecule has 2 aromatic rings. The van der Waals surface area contributed by atoms with Crippen molar-refractivity contribution in [2.24, 2.45) is 0 Å². The van der Waals surface area contributed by atoms with E-state index in [1.165, 1.54) is 25.1 Å². The van der Waals surface area contributed by atoms with E-state index in [4.69, 9.17) is 0 Å². The van der Waals surface area contributed by atoms with Gasteiger partial charge in [0, 0.05) is 16.9 Å². The van der Waals surface area contributed by atoms with Crippen LogP contribution in [0.4, 0.5) is 24.5 Å². The van der Waals surface area contributed by atoms with Gasteiger partial charge >= 0.3 is 6.18 Å². The maximum atomic E-state index is 12.6. The highest BCUT2D eigenvalue weighted by atomic mass is 19.4. The van der Waals surface area contributed by atoms with Gasteiger partial charge in [-0.3, -0.25) is 9.59 Å². The molecule has 2 aromatic carbocycles. The summed E-state index contributed by atoms with van der Waals surface area (Å²) in [4.78, 5) is 23.2. The first-order chi connectivity index (χ1) is 11.3. The van der Waals surface area contributed by atoms with E-state index in [0.717, 1.165) is 12.1 Å². The number of benzene rings is 2. The minimum atomic E-state index is -4.44. The fourth-order valence-corrected chi connectivity index (χ4v) is 2.01. The van der Waals surface area contributed by atoms with Crippen molar-refractivity contribution in [1.29, 1.82) is 0 Å². The fraction of sp³-hybridized carbons (Fsp3) is 0.176. The van der Waals surface area contributed by atoms with Gasteiger partial charge in [0.05, 0.1) is 12.1 Å². The van der Waals surface area contributed by atoms with Crippen molar-refractivity contribution in [2.45, 2.75) is 13.1 Å². The summed E-state index contributed by atoms with van der Waals surface area (Å²) in [5.74, 6) is -0.568. The summed E-state index contributed by atoms with van der Waals surface area (Å²) >= 11 is 0. The van der Waals surface area contributed by atoms with Gasteiger partial charge in [-0.1, -0.05) is 18.2 Å². The average Bonchev–Trinajstić information content (AvgIpc) is 2.52. The van der Waals surface area contributed by atoms with Crippen LogP contribution in [0.1, 0.15) is 22.8 Å². The van der Waals surface area contributed by atoms with E-state index in [1.807, 2.05) is 0 Å². The summed E-state index contributed by atoms with van der Waals surface area (Å²) < 4.78 is 37.9. The maximum absolute atomic E-state index is 12.6. The van der Waals surface area contributed by atoms with Crippen molar-refractivity contribution >= 4 is 23.1 Å². The number of nitrogens with one attached hydrogen (secondary N) is 2. The monoisotopic (exact) mass is 336 g/mol. The van der Waals surface area contributed by atoms with Crippen LogP contribution in [0.2, 0.25) is 0 Å². The second kappa shape index (κ2) is 7.16. The van der Waals surface area contributed by atoms with E-state index in [-0.39, 0.29) is 18.0 Å². The molecule has 0 aliphatic heterocycles. The lowest BCUT2D eigenvalue weighted by Gasteiger charge is -2.11. The molecular formula is C17H15F3N2O2. The number of halogens is 3. The van der Waals surface area contributed by atoms with Crippen molar-refractivity contribution < 1.29 is 22.8 Å². The molecule has 1 amide bonds. The van der Waals surface area contributed by atoms with Crippen LogP contribution in [0.5, 0.6) is 0 Å². The minimum Gasteiger partial charge on any atom is -0.376 e. The van der Waals surface area contributed by atoms with Crippen LogP contribution in [0, 0.1) is 0 Å². The van der Waals surface area contributed by atoms with Crippen LogP contribution in [0.3, 0.4) is 0 Å². The summed E-state index contributed by atoms with van der Waals surface area (Å²) in [6, 6.07) is 11.0. The molecule has 0 bridgehead atoms. The first-order valence-corrected chi connectivity index (χ1v) is 7.08. The Morgan fingerprint density at radius 1 is 1.00 bits per heavy atom. The molecule has 0 aromatic heterocycles. The molecule has 24 heavy (non-hydrogen) atoms. The summed E-state index contributed by atoms with van der Waals surface area (Å²) in [5, 5.41) is 5.21. The standard InChI is InChI=1S/C17H15F3N2O2/c1-11(23)12-4-2-7-15(8-12)22-16(24)10-21-14-6-3-5-13(9-14)17(18,19)20/h2-9,21H,10H2,1H3,(H,22,24). The van der Waals surface area contributed by atoms with Crippen LogP contribution >= 0.6 is 0 Å². The molecule has 0 unspecified atom stereocenters. The van der Waals surface area contributed by atoms with Crippen LogP contribution in [0.15, 0.2) is 48.5 Å². The number of ketones is 1. The van der Waals surface area contributed by atoms with Gasteiger partial charge in [0.2, 0.25) is 5.91 Å². The lowest BCUT2D eigenvalue weighted by molar-refractivity contribution is -0.137. The Kier molecular flexibility index (Phi) is 5.23. The molecule has 126 valence electrons. The minimum absolute atomic E-state index is 0.131. The lowest BCUT2D eigenvalue weighted by Crippen LogP contribution is -2.22. The Balaban J connectivity index is 1.96. The quantitative estimate of drug-likeness (QED) is 0.813. The van der Waals surface area contributed by atoms with Gasteiger partial charge in [-0.2, -0.15) is 13.2 Å². The molecule has 0 saturated carbocycles. The molecule has 2 rings (SSSR count). The molecule has 0 heterocycles. The molecule has 0 atom stereocenters. The van der Waals surface area contributed by atoms with Gasteiger partial charge in [0.1, 0.15) is 0 Å². The van der Waals surface area contributed by atoms with E-state index in [2.05, 4.69) is 10.6 Å². The van der Waals surface area contributed by atoms with E-state index in [9.17, 15) is 22.8 Å². The Bertz CT molecular complexity index is 757. The number of rotatable bonds is 5. The van der Waals surface area contributed by atoms with Crippen molar-refractivity contribution in [3.8, 4) is 0 Å². The summed E-state index contributed by atoms with van der Waals surface area (Å²) in [6.45, 7) is 1.21. The zero-order chi connectivity index (χ0) is 17.7. The number of alkyl halides is 3. The number of carbonyl (C=O) groups is 2. The highest BCUT2D eigenvalue weighted by Crippen LogP contribution is 2.30. The Labute approximate surface area is 136 Å². The summed E-state index contributed by atoms with van der Waals surface area (Å²) in [7, 11) is 0. The van der Waals surface area contributed by atoms with Crippen molar-refractivity contribution in [3.05, 3.63) is 59.7 Å². The van der Waals surface area contributed by atoms with Crippen LogP contribution < -0.4 is 10.6 Å². The highest BCUT2D eigenvalue weighted by Gasteiger charge is 2.30. The predicted molar refractivity (Wildman–Crippen MR) is 85.0 cm³/mol. The summed E-state index contributed by atoms with van der Waals surface area (Å²) in [5.41, 5.74) is 0.303. The number of hydrogen-bond acceptors (Lipinski definition) is 3. The molecule has 0 fully saturated rings. The van der Waals surface area contributed by atoms with Gasteiger partial charge in [0.15, 0.2) is 5.78 Å². The van der Waals surface area contributed by atoms with Crippen LogP contribution in [-0.2, 0) is 11.0 Å². The third-order valence-corrected chi connectivity index (χ3v) is 3.20. The third-order valence-electron chi connectivity index (χ3n) is 3.20. The zero-order valence-corrected chi connectivity index (χ0v) is 12.8. The molecule has 0 saturated heterocycles. The fourth-order valence-electron chi connectivity index (χ4n) is 2.01. The third kappa shape index (κ3) is 4.84. The normalized spacial score (nSPS) is 11.0. The van der Waals surface area contributed by atoms with E-state index >= 15 is 0 Å². The molecule has 2 N–H and O–H groups in total. The van der Waals surface area contributed by atoms with Crippen LogP contribution in [-0.4, -0.2) is 18.2 Å². The van der Waals surface area contributed by atoms with Crippen molar-refractivity contribution in [1.82, 2.24) is 0 Å². The van der Waals surface area contributed by atoms with Crippen molar-refractivity contribution in [2.75, 3.05) is 17.2 Å². The second-order valence-electron chi connectivity index (χ2n) is 5.12. The Morgan fingerprint density at radius 2 is 1.67 bits per heavy atom. The lowest BCUT2D eigenvalue weighted by atomic mass is 10.1. The van der Waals surface area contributed by atoms with Crippen molar-refractivity contribution in [3.63, 3.8) is 0 Å². The smallest absolute Gasteiger partial charge is 0.376 e. The molecular weight excluding hydrogens is 321 g/mol. The maximum Gasteiger partial charge on any atom is 0.416 e. The largest absolute Gasteiger partial charge is 0.416 e. The molecule has 0 spiro atoms. The Hall–Kier alpha value is -2.83. The average molecular weight is 336 g/mol. The number of hydrogen-bond donors (Lipinski definition) is 2. The first kappa shape index (κ1) is 17.5. The van der Waals surface area contributed by atoms with E-state index in [1.54, 1.807) is 18.2 Å². The highest BCUT2D eigenvalue weighted by molar-refractivity contribution is 5.98. The number of carbonyl (C=O) groups excluding carboxylic acids is 2. The van der Waals surface area contributed by atoms with Gasteiger partial charge < -0.3 is 10.6 Å². The number of Topliss-reactive ketones (excluding diaryl/α,β-unsaturated/α-hetero) is 1. The number of amides is 1. The number of anilines is 2. The SMILES string of the molecule is CC(=O)c1cccc(NC(=O)CNc2cccc(C(F)(F)F)c2)c1. The Morgan fingerprint density at radius 3 is 2.33 bits per heavy atom. The van der Waals surface area contributed by atoms with Gasteiger partial charge in [-0.15, -0.1) is 0 Å². The molecule has 0 aliphatic rings.